The summed E-state index contributed by atoms with van der Waals surface area (Å²) < 4.78 is 20.3. The first-order chi connectivity index (χ1) is 11.5. The highest BCUT2D eigenvalue weighted by molar-refractivity contribution is 5.81. The normalized spacial score (nSPS) is 39.6. The Balaban J connectivity index is 1.59. The van der Waals surface area contributed by atoms with Crippen molar-refractivity contribution in [3.05, 3.63) is 12.7 Å². The summed E-state index contributed by atoms with van der Waals surface area (Å²) in [6.45, 7) is 3.84. The van der Waals surface area contributed by atoms with Gasteiger partial charge in [0, 0.05) is 12.5 Å². The predicted molar refractivity (Wildman–Crippen MR) is 81.6 cm³/mol. The van der Waals surface area contributed by atoms with Gasteiger partial charge >= 0.3 is 0 Å². The summed E-state index contributed by atoms with van der Waals surface area (Å²) in [6, 6.07) is 0. The van der Waals surface area contributed by atoms with E-state index in [1.807, 2.05) is 18.4 Å². The first-order valence-corrected chi connectivity index (χ1v) is 8.02. The minimum Gasteiger partial charge on any atom is -0.396 e. The minimum absolute atomic E-state index is 0.0574. The average Bonchev–Trinajstić information content (AvgIpc) is 2.78. The zero-order chi connectivity index (χ0) is 16.7. The van der Waals surface area contributed by atoms with Crippen LogP contribution in [0, 0.1) is 5.92 Å². The van der Waals surface area contributed by atoms with Crippen molar-refractivity contribution in [1.29, 1.82) is 0 Å². The molecule has 0 aromatic carbocycles. The van der Waals surface area contributed by atoms with Crippen LogP contribution < -0.4 is 5.73 Å². The Hall–Kier alpha value is -1.81. The van der Waals surface area contributed by atoms with E-state index in [1.165, 1.54) is 6.33 Å². The number of ether oxygens (including phenoxy) is 3. The molecular weight excluding hydrogens is 314 g/mol. The van der Waals surface area contributed by atoms with Crippen LogP contribution in [-0.4, -0.2) is 54.8 Å². The lowest BCUT2D eigenvalue weighted by Gasteiger charge is -2.25. The van der Waals surface area contributed by atoms with E-state index >= 15 is 0 Å². The summed E-state index contributed by atoms with van der Waals surface area (Å²) in [5.41, 5.74) is 6.49. The molecule has 128 valence electrons. The first kappa shape index (κ1) is 14.5. The molecule has 0 radical (unpaired) electrons. The summed E-state index contributed by atoms with van der Waals surface area (Å²) in [5, 5.41) is 9.57. The van der Waals surface area contributed by atoms with E-state index in [1.54, 1.807) is 6.33 Å². The summed E-state index contributed by atoms with van der Waals surface area (Å²) in [6.07, 6.45) is 2.83. The zero-order valence-corrected chi connectivity index (χ0v) is 13.4. The van der Waals surface area contributed by atoms with Gasteiger partial charge in [-0.05, 0) is 20.3 Å². The van der Waals surface area contributed by atoms with Crippen LogP contribution in [0.5, 0.6) is 0 Å². The fraction of sp³-hybridized carbons (Fsp3) is 0.667. The molecular formula is C15H19N5O4. The molecule has 5 rings (SSSR count). The Kier molecular flexibility index (Phi) is 2.68. The van der Waals surface area contributed by atoms with Crippen LogP contribution in [0.25, 0.3) is 11.2 Å². The molecule has 1 spiro atoms. The van der Waals surface area contributed by atoms with Crippen molar-refractivity contribution < 1.29 is 19.3 Å². The zero-order valence-electron chi connectivity index (χ0n) is 13.4. The molecule has 9 heteroatoms. The Labute approximate surface area is 137 Å². The van der Waals surface area contributed by atoms with Gasteiger partial charge in [0.05, 0.1) is 6.33 Å². The van der Waals surface area contributed by atoms with Crippen LogP contribution in [0.15, 0.2) is 12.7 Å². The van der Waals surface area contributed by atoms with Crippen molar-refractivity contribution >= 4 is 17.0 Å². The topological polar surface area (TPSA) is 118 Å². The highest BCUT2D eigenvalue weighted by atomic mass is 16.8. The van der Waals surface area contributed by atoms with Crippen LogP contribution in [-0.2, 0) is 14.2 Å². The number of rotatable bonds is 2. The number of hydrogen-bond acceptors (Lipinski definition) is 8. The summed E-state index contributed by atoms with van der Waals surface area (Å²) >= 11 is 0. The number of aliphatic hydroxyl groups excluding tert-OH is 1. The van der Waals surface area contributed by atoms with E-state index in [2.05, 4.69) is 15.0 Å². The van der Waals surface area contributed by atoms with Crippen molar-refractivity contribution in [2.45, 2.75) is 50.1 Å². The van der Waals surface area contributed by atoms with Crippen molar-refractivity contribution in [2.24, 2.45) is 5.92 Å². The quantitative estimate of drug-likeness (QED) is 0.801. The van der Waals surface area contributed by atoms with Gasteiger partial charge in [-0.3, -0.25) is 4.57 Å². The molecule has 5 atom stereocenters. The molecule has 2 aromatic heterocycles. The van der Waals surface area contributed by atoms with E-state index in [9.17, 15) is 5.11 Å². The third-order valence-electron chi connectivity index (χ3n) is 5.21. The number of hydrogen-bond donors (Lipinski definition) is 2. The van der Waals surface area contributed by atoms with Gasteiger partial charge in [-0.1, -0.05) is 0 Å². The number of nitrogen functional groups attached to an aromatic ring is 1. The first-order valence-electron chi connectivity index (χ1n) is 8.02. The van der Waals surface area contributed by atoms with E-state index in [0.29, 0.717) is 17.0 Å². The number of aromatic nitrogens is 4. The molecule has 1 aliphatic carbocycles. The lowest BCUT2D eigenvalue weighted by atomic mass is 10.1. The fourth-order valence-electron chi connectivity index (χ4n) is 4.04. The molecule has 3 fully saturated rings. The van der Waals surface area contributed by atoms with Gasteiger partial charge < -0.3 is 25.1 Å². The van der Waals surface area contributed by atoms with Gasteiger partial charge in [-0.15, -0.1) is 0 Å². The van der Waals surface area contributed by atoms with Crippen molar-refractivity contribution in [2.75, 3.05) is 12.3 Å². The number of imidazole rings is 1. The van der Waals surface area contributed by atoms with Crippen LogP contribution in [0.2, 0.25) is 0 Å². The standard InChI is InChI=1S/C15H19N5O4/c1-14(2)22-9-10(23-14)15(3-7(15)4-21)24-13(9)20-6-19-8-11(16)17-5-18-12(8)20/h5-7,9-10,13,21H,3-4H2,1-2H3,(H2,16,17,18)/t7?,9?,10?,13?,15-/m1/s1. The second-order valence-electron chi connectivity index (χ2n) is 7.15. The summed E-state index contributed by atoms with van der Waals surface area (Å²) in [5.74, 6) is -0.314. The number of fused-ring (bicyclic) bond motifs is 3. The van der Waals surface area contributed by atoms with Crippen molar-refractivity contribution in [3.63, 3.8) is 0 Å². The fourth-order valence-corrected chi connectivity index (χ4v) is 4.04. The maximum atomic E-state index is 9.57. The molecule has 24 heavy (non-hydrogen) atoms. The molecule has 2 saturated heterocycles. The Morgan fingerprint density at radius 1 is 1.29 bits per heavy atom. The van der Waals surface area contributed by atoms with E-state index in [0.717, 1.165) is 6.42 Å². The van der Waals surface area contributed by atoms with E-state index in [-0.39, 0.29) is 24.7 Å². The second-order valence-corrected chi connectivity index (χ2v) is 7.15. The third-order valence-corrected chi connectivity index (χ3v) is 5.21. The Morgan fingerprint density at radius 2 is 2.12 bits per heavy atom. The molecule has 2 aromatic rings. The lowest BCUT2D eigenvalue weighted by molar-refractivity contribution is -0.204. The maximum Gasteiger partial charge on any atom is 0.167 e. The van der Waals surface area contributed by atoms with Crippen LogP contribution in [0.3, 0.4) is 0 Å². The molecule has 2 aliphatic heterocycles. The molecule has 0 bridgehead atoms. The summed E-state index contributed by atoms with van der Waals surface area (Å²) in [4.78, 5) is 12.6. The summed E-state index contributed by atoms with van der Waals surface area (Å²) in [7, 11) is 0. The SMILES string of the molecule is CC1(C)OC2C(n3cnc4c(N)ncnc43)O[C@@]3(CC3CO)C2O1. The second kappa shape index (κ2) is 4.42. The Bertz CT molecular complexity index is 823. The number of anilines is 1. The number of aliphatic hydroxyl groups is 1. The average molecular weight is 333 g/mol. The van der Waals surface area contributed by atoms with Gasteiger partial charge in [-0.25, -0.2) is 15.0 Å². The monoisotopic (exact) mass is 333 g/mol. The van der Waals surface area contributed by atoms with Crippen LogP contribution in [0.4, 0.5) is 5.82 Å². The Morgan fingerprint density at radius 3 is 2.88 bits per heavy atom. The third kappa shape index (κ3) is 1.75. The minimum atomic E-state index is -0.697. The van der Waals surface area contributed by atoms with Crippen molar-refractivity contribution in [1.82, 2.24) is 19.5 Å². The molecule has 4 unspecified atom stereocenters. The van der Waals surface area contributed by atoms with Crippen molar-refractivity contribution in [3.8, 4) is 0 Å². The molecule has 4 heterocycles. The predicted octanol–water partition coefficient (Wildman–Crippen LogP) is 0.208. The molecule has 1 saturated carbocycles. The van der Waals surface area contributed by atoms with Crippen LogP contribution >= 0.6 is 0 Å². The van der Waals surface area contributed by atoms with E-state index in [4.69, 9.17) is 19.9 Å². The highest BCUT2D eigenvalue weighted by Gasteiger charge is 2.73. The van der Waals surface area contributed by atoms with Gasteiger partial charge in [0.1, 0.15) is 29.7 Å². The largest absolute Gasteiger partial charge is 0.396 e. The number of nitrogens with zero attached hydrogens (tertiary/aromatic N) is 4. The molecule has 0 amide bonds. The van der Waals surface area contributed by atoms with Gasteiger partial charge in [0.2, 0.25) is 0 Å². The van der Waals surface area contributed by atoms with E-state index < -0.39 is 17.6 Å². The van der Waals surface area contributed by atoms with Gasteiger partial charge in [0.15, 0.2) is 23.5 Å². The number of nitrogens with two attached hydrogens (primary N) is 1. The molecule has 9 nitrogen and oxygen atoms in total. The molecule has 3 aliphatic rings. The van der Waals surface area contributed by atoms with Crippen LogP contribution in [0.1, 0.15) is 26.5 Å². The van der Waals surface area contributed by atoms with Gasteiger partial charge in [-0.2, -0.15) is 0 Å². The van der Waals surface area contributed by atoms with Gasteiger partial charge in [0.25, 0.3) is 0 Å². The smallest absolute Gasteiger partial charge is 0.167 e. The highest BCUT2D eigenvalue weighted by Crippen LogP contribution is 2.62. The maximum absolute atomic E-state index is 9.57. The molecule has 3 N–H and O–H groups in total. The lowest BCUT2D eigenvalue weighted by Crippen LogP contribution is -2.33.